The largest absolute Gasteiger partial charge is 0.496 e. The van der Waals surface area contributed by atoms with E-state index in [0.717, 1.165) is 33.2 Å². The summed E-state index contributed by atoms with van der Waals surface area (Å²) in [6.07, 6.45) is 3.35. The first kappa shape index (κ1) is 20.7. The predicted octanol–water partition coefficient (Wildman–Crippen LogP) is 5.43. The van der Waals surface area contributed by atoms with Crippen LogP contribution in [0.25, 0.3) is 38.4 Å². The highest BCUT2D eigenvalue weighted by atomic mass is 16.5. The van der Waals surface area contributed by atoms with Crippen LogP contribution in [-0.4, -0.2) is 33.3 Å². The van der Waals surface area contributed by atoms with Crippen molar-refractivity contribution in [2.24, 2.45) is 0 Å². The monoisotopic (exact) mass is 415 g/mol. The van der Waals surface area contributed by atoms with Crippen LogP contribution in [-0.2, 0) is 9.53 Å². The molecule has 0 aliphatic rings. The zero-order chi connectivity index (χ0) is 21.8. The summed E-state index contributed by atoms with van der Waals surface area (Å²) in [5, 5.41) is 6.15. The van der Waals surface area contributed by atoms with Gasteiger partial charge in [0.05, 0.1) is 20.0 Å². The molecule has 4 rings (SSSR count). The standard InChI is InChI=1S/C26H25NO4/c1-17(12-26(28)27-10-11-29-2)21-14-22-23(16-31-25(22)15-24(21)30-3)20-9-8-18-6-4-5-7-19(18)13-20/h4-9,12-16H,10-11H2,1-3H3,(H,27,28)/b17-12+. The van der Waals surface area contributed by atoms with Crippen LogP contribution >= 0.6 is 0 Å². The molecule has 0 spiro atoms. The molecule has 1 heterocycles. The van der Waals surface area contributed by atoms with Crippen LogP contribution in [0.2, 0.25) is 0 Å². The Bertz CT molecular complexity index is 1270. The van der Waals surface area contributed by atoms with E-state index in [1.165, 1.54) is 10.8 Å². The first-order chi connectivity index (χ1) is 15.1. The van der Waals surface area contributed by atoms with Crippen LogP contribution in [0.1, 0.15) is 12.5 Å². The molecule has 31 heavy (non-hydrogen) atoms. The number of ether oxygens (including phenoxy) is 2. The third kappa shape index (κ3) is 4.32. The van der Waals surface area contributed by atoms with Crippen molar-refractivity contribution in [1.29, 1.82) is 0 Å². The van der Waals surface area contributed by atoms with Crippen LogP contribution in [0.3, 0.4) is 0 Å². The summed E-state index contributed by atoms with van der Waals surface area (Å²) in [5.41, 5.74) is 4.47. The number of methoxy groups -OCH3 is 2. The Kier molecular flexibility index (Phi) is 6.05. The van der Waals surface area contributed by atoms with Gasteiger partial charge in [-0.3, -0.25) is 4.79 Å². The van der Waals surface area contributed by atoms with Gasteiger partial charge < -0.3 is 19.2 Å². The molecule has 0 unspecified atom stereocenters. The molecule has 0 saturated carbocycles. The highest BCUT2D eigenvalue weighted by Gasteiger charge is 2.15. The topological polar surface area (TPSA) is 60.7 Å². The van der Waals surface area contributed by atoms with Gasteiger partial charge in [0.1, 0.15) is 11.3 Å². The zero-order valence-corrected chi connectivity index (χ0v) is 17.9. The summed E-state index contributed by atoms with van der Waals surface area (Å²) >= 11 is 0. The number of benzene rings is 3. The molecular formula is C26H25NO4. The van der Waals surface area contributed by atoms with Gasteiger partial charge >= 0.3 is 0 Å². The van der Waals surface area contributed by atoms with E-state index >= 15 is 0 Å². The SMILES string of the molecule is COCCNC(=O)/C=C(\C)c1cc2c(-c3ccc4ccccc4c3)coc2cc1OC. The Morgan fingerprint density at radius 3 is 2.65 bits per heavy atom. The van der Waals surface area contributed by atoms with Gasteiger partial charge in [-0.15, -0.1) is 0 Å². The van der Waals surface area contributed by atoms with Crippen LogP contribution in [0.5, 0.6) is 5.75 Å². The zero-order valence-electron chi connectivity index (χ0n) is 17.9. The summed E-state index contributed by atoms with van der Waals surface area (Å²) in [7, 11) is 3.22. The van der Waals surface area contributed by atoms with Gasteiger partial charge in [-0.2, -0.15) is 0 Å². The van der Waals surface area contributed by atoms with E-state index in [-0.39, 0.29) is 5.91 Å². The molecular weight excluding hydrogens is 390 g/mol. The minimum Gasteiger partial charge on any atom is -0.496 e. The van der Waals surface area contributed by atoms with E-state index < -0.39 is 0 Å². The molecule has 0 bridgehead atoms. The molecule has 5 nitrogen and oxygen atoms in total. The smallest absolute Gasteiger partial charge is 0.244 e. The number of rotatable bonds is 7. The summed E-state index contributed by atoms with van der Waals surface area (Å²) in [5.74, 6) is 0.490. The van der Waals surface area contributed by atoms with E-state index in [1.807, 2.05) is 31.2 Å². The van der Waals surface area contributed by atoms with Gasteiger partial charge in [-0.1, -0.05) is 36.4 Å². The molecule has 1 aromatic heterocycles. The molecule has 5 heteroatoms. The molecule has 0 radical (unpaired) electrons. The number of hydrogen-bond acceptors (Lipinski definition) is 4. The number of nitrogens with one attached hydrogen (secondary N) is 1. The van der Waals surface area contributed by atoms with Gasteiger partial charge in [0, 0.05) is 42.3 Å². The van der Waals surface area contributed by atoms with E-state index in [4.69, 9.17) is 13.9 Å². The van der Waals surface area contributed by atoms with Crippen molar-refractivity contribution >= 4 is 33.2 Å². The van der Waals surface area contributed by atoms with Gasteiger partial charge in [-0.25, -0.2) is 0 Å². The molecule has 1 amide bonds. The quantitative estimate of drug-likeness (QED) is 0.323. The van der Waals surface area contributed by atoms with Gasteiger partial charge in [0.2, 0.25) is 5.91 Å². The molecule has 0 atom stereocenters. The fourth-order valence-electron chi connectivity index (χ4n) is 3.71. The number of allylic oxidation sites excluding steroid dienone is 1. The van der Waals surface area contributed by atoms with Crippen molar-refractivity contribution in [2.45, 2.75) is 6.92 Å². The van der Waals surface area contributed by atoms with Crippen molar-refractivity contribution in [3.63, 3.8) is 0 Å². The van der Waals surface area contributed by atoms with Crippen LogP contribution < -0.4 is 10.1 Å². The molecule has 3 aromatic carbocycles. The number of fused-ring (bicyclic) bond motifs is 2. The van der Waals surface area contributed by atoms with E-state index in [0.29, 0.717) is 18.9 Å². The Balaban J connectivity index is 1.75. The number of furan rings is 1. The minimum atomic E-state index is -0.168. The summed E-state index contributed by atoms with van der Waals surface area (Å²) in [6, 6.07) is 18.5. The molecule has 0 aliphatic heterocycles. The van der Waals surface area contributed by atoms with E-state index in [2.05, 4.69) is 35.6 Å². The molecule has 0 fully saturated rings. The summed E-state index contributed by atoms with van der Waals surface area (Å²) in [6.45, 7) is 2.83. The third-order valence-corrected chi connectivity index (χ3v) is 5.33. The third-order valence-electron chi connectivity index (χ3n) is 5.33. The lowest BCUT2D eigenvalue weighted by atomic mass is 9.97. The molecule has 0 saturated heterocycles. The second-order valence-corrected chi connectivity index (χ2v) is 7.37. The Morgan fingerprint density at radius 1 is 1.06 bits per heavy atom. The Morgan fingerprint density at radius 2 is 1.87 bits per heavy atom. The van der Waals surface area contributed by atoms with Crippen molar-refractivity contribution in [2.75, 3.05) is 27.4 Å². The lowest BCUT2D eigenvalue weighted by Gasteiger charge is -2.10. The first-order valence-electron chi connectivity index (χ1n) is 10.1. The van der Waals surface area contributed by atoms with Crippen LogP contribution in [0.15, 0.2) is 71.4 Å². The maximum atomic E-state index is 12.2. The van der Waals surface area contributed by atoms with E-state index in [9.17, 15) is 4.79 Å². The second-order valence-electron chi connectivity index (χ2n) is 7.37. The molecule has 1 N–H and O–H groups in total. The fraction of sp³-hybridized carbons (Fsp3) is 0.192. The maximum absolute atomic E-state index is 12.2. The first-order valence-corrected chi connectivity index (χ1v) is 10.1. The van der Waals surface area contributed by atoms with Gasteiger partial charge in [-0.05, 0) is 41.0 Å². The Hall–Kier alpha value is -3.57. The molecule has 158 valence electrons. The number of carbonyl (C=O) groups excluding carboxylic acids is 1. The number of hydrogen-bond donors (Lipinski definition) is 1. The van der Waals surface area contributed by atoms with Crippen molar-refractivity contribution in [3.8, 4) is 16.9 Å². The van der Waals surface area contributed by atoms with Gasteiger partial charge in [0.25, 0.3) is 0 Å². The number of carbonyl (C=O) groups is 1. The van der Waals surface area contributed by atoms with Crippen LogP contribution in [0, 0.1) is 0 Å². The normalized spacial score (nSPS) is 11.8. The van der Waals surface area contributed by atoms with E-state index in [1.54, 1.807) is 26.6 Å². The van der Waals surface area contributed by atoms with Crippen molar-refractivity contribution in [3.05, 3.63) is 72.5 Å². The van der Waals surface area contributed by atoms with Crippen molar-refractivity contribution in [1.82, 2.24) is 5.32 Å². The average Bonchev–Trinajstić information content (AvgIpc) is 3.20. The number of amides is 1. The summed E-state index contributed by atoms with van der Waals surface area (Å²) in [4.78, 5) is 12.2. The summed E-state index contributed by atoms with van der Waals surface area (Å²) < 4.78 is 16.4. The van der Waals surface area contributed by atoms with Crippen LogP contribution in [0.4, 0.5) is 0 Å². The molecule has 0 aliphatic carbocycles. The van der Waals surface area contributed by atoms with Crippen molar-refractivity contribution < 1.29 is 18.7 Å². The highest BCUT2D eigenvalue weighted by Crippen LogP contribution is 2.38. The van der Waals surface area contributed by atoms with Gasteiger partial charge in [0.15, 0.2) is 0 Å². The minimum absolute atomic E-state index is 0.168. The highest BCUT2D eigenvalue weighted by molar-refractivity contribution is 6.01. The average molecular weight is 415 g/mol. The fourth-order valence-corrected chi connectivity index (χ4v) is 3.71. The molecule has 4 aromatic rings. The lowest BCUT2D eigenvalue weighted by Crippen LogP contribution is -2.25. The Labute approximate surface area is 181 Å². The maximum Gasteiger partial charge on any atom is 0.244 e. The second kappa shape index (κ2) is 9.06. The predicted molar refractivity (Wildman–Crippen MR) is 124 cm³/mol. The lowest BCUT2D eigenvalue weighted by molar-refractivity contribution is -0.116.